The highest BCUT2D eigenvalue weighted by molar-refractivity contribution is 5.89. The van der Waals surface area contributed by atoms with Crippen LogP contribution < -0.4 is 10.1 Å². The predicted molar refractivity (Wildman–Crippen MR) is 150 cm³/mol. The Labute approximate surface area is 221 Å². The zero-order valence-electron chi connectivity index (χ0n) is 23.2. The van der Waals surface area contributed by atoms with Crippen LogP contribution in [-0.2, 0) is 22.6 Å². The first-order chi connectivity index (χ1) is 17.4. The Morgan fingerprint density at radius 3 is 2.19 bits per heavy atom. The zero-order valence-corrected chi connectivity index (χ0v) is 23.2. The highest BCUT2D eigenvalue weighted by atomic mass is 16.5. The first kappa shape index (κ1) is 28.0. The summed E-state index contributed by atoms with van der Waals surface area (Å²) in [6.07, 6.45) is 0.406. The minimum Gasteiger partial charge on any atom is -0.483 e. The second kappa shape index (κ2) is 12.1. The van der Waals surface area contributed by atoms with Crippen molar-refractivity contribution in [1.82, 2.24) is 10.2 Å². The lowest BCUT2D eigenvalue weighted by Gasteiger charge is -2.34. The van der Waals surface area contributed by atoms with Crippen molar-refractivity contribution in [2.24, 2.45) is 0 Å². The summed E-state index contributed by atoms with van der Waals surface area (Å²) in [5.74, 6) is 0.283. The molecule has 0 aromatic heterocycles. The van der Waals surface area contributed by atoms with E-state index in [1.165, 1.54) is 0 Å². The van der Waals surface area contributed by atoms with E-state index in [-0.39, 0.29) is 18.4 Å². The Kier molecular flexibility index (Phi) is 9.14. The van der Waals surface area contributed by atoms with Gasteiger partial charge in [0.1, 0.15) is 11.8 Å². The lowest BCUT2D eigenvalue weighted by molar-refractivity contribution is -0.143. The molecule has 0 unspecified atom stereocenters. The van der Waals surface area contributed by atoms with Crippen molar-refractivity contribution >= 4 is 11.8 Å². The van der Waals surface area contributed by atoms with Gasteiger partial charge in [0.15, 0.2) is 6.61 Å². The Bertz CT molecular complexity index is 1230. The van der Waals surface area contributed by atoms with Crippen LogP contribution in [0.4, 0.5) is 0 Å². The van der Waals surface area contributed by atoms with Gasteiger partial charge >= 0.3 is 0 Å². The van der Waals surface area contributed by atoms with Crippen LogP contribution in [0.5, 0.6) is 5.75 Å². The molecule has 0 radical (unpaired) electrons. The Morgan fingerprint density at radius 2 is 1.54 bits per heavy atom. The molecule has 3 aromatic carbocycles. The standard InChI is InChI=1S/C32H40N2O3/c1-22-12-11-15-27(17-22)20-34(30(35)21-37-29-18-23(2)16-24(3)25(29)4)28(31(36)33-32(5,6)7)19-26-13-9-8-10-14-26/h8-18,28H,19-21H2,1-7H3,(H,33,36)/t28-/m0/s1. The summed E-state index contributed by atoms with van der Waals surface area (Å²) in [5.41, 5.74) is 5.83. The van der Waals surface area contributed by atoms with Gasteiger partial charge in [-0.15, -0.1) is 0 Å². The van der Waals surface area contributed by atoms with E-state index in [9.17, 15) is 9.59 Å². The molecule has 0 saturated carbocycles. The summed E-state index contributed by atoms with van der Waals surface area (Å²) in [7, 11) is 0. The maximum atomic E-state index is 13.8. The zero-order chi connectivity index (χ0) is 27.2. The first-order valence-corrected chi connectivity index (χ1v) is 12.8. The van der Waals surface area contributed by atoms with Crippen LogP contribution in [0.3, 0.4) is 0 Å². The molecule has 37 heavy (non-hydrogen) atoms. The van der Waals surface area contributed by atoms with Crippen molar-refractivity contribution < 1.29 is 14.3 Å². The van der Waals surface area contributed by atoms with E-state index in [1.807, 2.05) is 103 Å². The average Bonchev–Trinajstić information content (AvgIpc) is 2.82. The van der Waals surface area contributed by atoms with Crippen LogP contribution in [-0.4, -0.2) is 34.9 Å². The molecule has 1 atom stereocenters. The number of rotatable bonds is 9. The monoisotopic (exact) mass is 500 g/mol. The third-order valence-electron chi connectivity index (χ3n) is 6.32. The number of ether oxygens (including phenoxy) is 1. The molecule has 0 fully saturated rings. The maximum absolute atomic E-state index is 13.8. The number of carbonyl (C=O) groups is 2. The molecule has 5 heteroatoms. The second-order valence-electron chi connectivity index (χ2n) is 10.9. The quantitative estimate of drug-likeness (QED) is 0.401. The highest BCUT2D eigenvalue weighted by Gasteiger charge is 2.32. The van der Waals surface area contributed by atoms with Crippen molar-refractivity contribution in [2.45, 2.75) is 73.0 Å². The van der Waals surface area contributed by atoms with Crippen molar-refractivity contribution in [3.63, 3.8) is 0 Å². The average molecular weight is 501 g/mol. The lowest BCUT2D eigenvalue weighted by Crippen LogP contribution is -2.55. The summed E-state index contributed by atoms with van der Waals surface area (Å²) in [6.45, 7) is 14.1. The number of nitrogens with one attached hydrogen (secondary N) is 1. The molecule has 5 nitrogen and oxygen atoms in total. The van der Waals surface area contributed by atoms with Crippen molar-refractivity contribution in [3.8, 4) is 5.75 Å². The number of carbonyl (C=O) groups excluding carboxylic acids is 2. The Balaban J connectivity index is 1.96. The van der Waals surface area contributed by atoms with Crippen LogP contribution in [0.2, 0.25) is 0 Å². The topological polar surface area (TPSA) is 58.6 Å². The SMILES string of the molecule is Cc1cccc(CN(C(=O)COc2cc(C)cc(C)c2C)[C@@H](Cc2ccccc2)C(=O)NC(C)(C)C)c1. The van der Waals surface area contributed by atoms with Gasteiger partial charge in [0, 0.05) is 18.5 Å². The minimum atomic E-state index is -0.696. The molecule has 196 valence electrons. The van der Waals surface area contributed by atoms with Gasteiger partial charge < -0.3 is 15.0 Å². The highest BCUT2D eigenvalue weighted by Crippen LogP contribution is 2.24. The number of hydrogen-bond acceptors (Lipinski definition) is 3. The van der Waals surface area contributed by atoms with Crippen molar-refractivity contribution in [2.75, 3.05) is 6.61 Å². The number of hydrogen-bond donors (Lipinski definition) is 1. The van der Waals surface area contributed by atoms with Crippen LogP contribution in [0.1, 0.15) is 54.2 Å². The van der Waals surface area contributed by atoms with Gasteiger partial charge in [0.2, 0.25) is 5.91 Å². The third kappa shape index (κ3) is 8.21. The smallest absolute Gasteiger partial charge is 0.261 e. The normalized spacial score (nSPS) is 12.1. The van der Waals surface area contributed by atoms with Crippen LogP contribution in [0, 0.1) is 27.7 Å². The summed E-state index contributed by atoms with van der Waals surface area (Å²) < 4.78 is 6.06. The van der Waals surface area contributed by atoms with Gasteiger partial charge in [-0.2, -0.15) is 0 Å². The van der Waals surface area contributed by atoms with E-state index >= 15 is 0 Å². The van der Waals surface area contributed by atoms with Crippen molar-refractivity contribution in [1.29, 1.82) is 0 Å². The molecular formula is C32H40N2O3. The van der Waals surface area contributed by atoms with E-state index in [1.54, 1.807) is 4.90 Å². The molecule has 0 spiro atoms. The fourth-order valence-corrected chi connectivity index (χ4v) is 4.39. The van der Waals surface area contributed by atoms with E-state index in [2.05, 4.69) is 17.4 Å². The predicted octanol–water partition coefficient (Wildman–Crippen LogP) is 5.85. The Hall–Kier alpha value is -3.60. The van der Waals surface area contributed by atoms with E-state index in [0.29, 0.717) is 18.7 Å². The van der Waals surface area contributed by atoms with E-state index in [4.69, 9.17) is 4.74 Å². The Morgan fingerprint density at radius 1 is 0.865 bits per heavy atom. The minimum absolute atomic E-state index is 0.149. The summed E-state index contributed by atoms with van der Waals surface area (Å²) in [5, 5.41) is 3.10. The third-order valence-corrected chi connectivity index (χ3v) is 6.32. The second-order valence-corrected chi connectivity index (χ2v) is 10.9. The summed E-state index contributed by atoms with van der Waals surface area (Å²) in [4.78, 5) is 29.1. The summed E-state index contributed by atoms with van der Waals surface area (Å²) in [6, 6.07) is 21.2. The van der Waals surface area contributed by atoms with Gasteiger partial charge in [-0.05, 0) is 82.3 Å². The van der Waals surface area contributed by atoms with Gasteiger partial charge in [0.25, 0.3) is 5.91 Å². The maximum Gasteiger partial charge on any atom is 0.261 e. The number of aryl methyl sites for hydroxylation is 3. The molecule has 1 N–H and O–H groups in total. The molecule has 3 aromatic rings. The summed E-state index contributed by atoms with van der Waals surface area (Å²) >= 11 is 0. The van der Waals surface area contributed by atoms with Crippen molar-refractivity contribution in [3.05, 3.63) is 100 Å². The van der Waals surface area contributed by atoms with E-state index < -0.39 is 11.6 Å². The molecule has 0 aliphatic carbocycles. The first-order valence-electron chi connectivity index (χ1n) is 12.8. The molecule has 2 amide bonds. The molecule has 0 aliphatic rings. The van der Waals surface area contributed by atoms with Gasteiger partial charge in [-0.25, -0.2) is 0 Å². The van der Waals surface area contributed by atoms with Gasteiger partial charge in [0.05, 0.1) is 0 Å². The molecule has 0 bridgehead atoms. The van der Waals surface area contributed by atoms with Crippen LogP contribution in [0.25, 0.3) is 0 Å². The van der Waals surface area contributed by atoms with Crippen LogP contribution >= 0.6 is 0 Å². The fourth-order valence-electron chi connectivity index (χ4n) is 4.39. The fraction of sp³-hybridized carbons (Fsp3) is 0.375. The van der Waals surface area contributed by atoms with Crippen LogP contribution in [0.15, 0.2) is 66.7 Å². The molecular weight excluding hydrogens is 460 g/mol. The molecule has 3 rings (SSSR count). The largest absolute Gasteiger partial charge is 0.483 e. The molecule has 0 aliphatic heterocycles. The van der Waals surface area contributed by atoms with Gasteiger partial charge in [-0.1, -0.05) is 66.2 Å². The number of benzene rings is 3. The molecule has 0 heterocycles. The number of amides is 2. The number of nitrogens with zero attached hydrogens (tertiary/aromatic N) is 1. The van der Waals surface area contributed by atoms with Gasteiger partial charge in [-0.3, -0.25) is 9.59 Å². The molecule has 0 saturated heterocycles. The van der Waals surface area contributed by atoms with E-state index in [0.717, 1.165) is 33.4 Å². The lowest BCUT2D eigenvalue weighted by atomic mass is 10.0.